The first-order chi connectivity index (χ1) is 10.4. The Bertz CT molecular complexity index is 520. The zero-order valence-corrected chi connectivity index (χ0v) is 15.3. The SMILES string of the molecule is CS(=O)(=O)N1CCN(C(=O)C2CC3CCCC(C2)C3N)CC1.Cl. The summed E-state index contributed by atoms with van der Waals surface area (Å²) >= 11 is 0. The Morgan fingerprint density at radius 3 is 2.04 bits per heavy atom. The number of nitrogens with two attached hydrogens (primary N) is 1. The summed E-state index contributed by atoms with van der Waals surface area (Å²) < 4.78 is 24.5. The molecular formula is C15H28ClN3O3S. The molecule has 3 aliphatic rings. The topological polar surface area (TPSA) is 83.7 Å². The van der Waals surface area contributed by atoms with Crippen molar-refractivity contribution in [3.05, 3.63) is 0 Å². The van der Waals surface area contributed by atoms with Crippen molar-refractivity contribution in [2.45, 2.75) is 38.1 Å². The van der Waals surface area contributed by atoms with E-state index in [1.807, 2.05) is 4.90 Å². The normalized spacial score (nSPS) is 35.5. The second-order valence-electron chi connectivity index (χ2n) is 7.18. The molecule has 3 fully saturated rings. The zero-order chi connectivity index (χ0) is 15.9. The fourth-order valence-corrected chi connectivity index (χ4v) is 5.32. The summed E-state index contributed by atoms with van der Waals surface area (Å²) in [4.78, 5) is 14.6. The number of carbonyl (C=O) groups is 1. The highest BCUT2D eigenvalue weighted by Crippen LogP contribution is 2.42. The van der Waals surface area contributed by atoms with Crippen LogP contribution in [0.2, 0.25) is 0 Å². The number of piperazine rings is 1. The molecule has 1 heterocycles. The molecule has 134 valence electrons. The first-order valence-electron chi connectivity index (χ1n) is 8.35. The smallest absolute Gasteiger partial charge is 0.225 e. The van der Waals surface area contributed by atoms with Crippen LogP contribution in [-0.4, -0.2) is 62.0 Å². The van der Waals surface area contributed by atoms with Crippen LogP contribution in [-0.2, 0) is 14.8 Å². The van der Waals surface area contributed by atoms with Crippen molar-refractivity contribution in [2.24, 2.45) is 23.5 Å². The highest BCUT2D eigenvalue weighted by atomic mass is 35.5. The quantitative estimate of drug-likeness (QED) is 0.779. The van der Waals surface area contributed by atoms with Gasteiger partial charge < -0.3 is 10.6 Å². The molecule has 0 radical (unpaired) electrons. The molecule has 6 nitrogen and oxygen atoms in total. The van der Waals surface area contributed by atoms with Gasteiger partial charge in [-0.2, -0.15) is 4.31 Å². The molecule has 2 aliphatic carbocycles. The molecule has 2 saturated carbocycles. The molecule has 2 bridgehead atoms. The second-order valence-corrected chi connectivity index (χ2v) is 9.17. The van der Waals surface area contributed by atoms with E-state index in [1.165, 1.54) is 17.0 Å². The van der Waals surface area contributed by atoms with Gasteiger partial charge in [0.15, 0.2) is 0 Å². The van der Waals surface area contributed by atoms with Crippen molar-refractivity contribution in [3.63, 3.8) is 0 Å². The van der Waals surface area contributed by atoms with E-state index in [4.69, 9.17) is 5.73 Å². The molecule has 0 aromatic heterocycles. The number of amides is 1. The minimum Gasteiger partial charge on any atom is -0.340 e. The summed E-state index contributed by atoms with van der Waals surface area (Å²) in [6, 6.07) is 0.278. The molecule has 1 saturated heterocycles. The lowest BCUT2D eigenvalue weighted by Crippen LogP contribution is -2.54. The molecule has 8 heteroatoms. The van der Waals surface area contributed by atoms with Gasteiger partial charge in [0.1, 0.15) is 0 Å². The summed E-state index contributed by atoms with van der Waals surface area (Å²) in [5.41, 5.74) is 6.29. The van der Waals surface area contributed by atoms with Crippen LogP contribution in [0.25, 0.3) is 0 Å². The van der Waals surface area contributed by atoms with Crippen molar-refractivity contribution < 1.29 is 13.2 Å². The highest BCUT2D eigenvalue weighted by molar-refractivity contribution is 7.88. The minimum absolute atomic E-state index is 0. The van der Waals surface area contributed by atoms with E-state index < -0.39 is 10.0 Å². The monoisotopic (exact) mass is 365 g/mol. The van der Waals surface area contributed by atoms with Crippen LogP contribution in [0.1, 0.15) is 32.1 Å². The molecule has 0 spiro atoms. The van der Waals surface area contributed by atoms with Crippen molar-refractivity contribution in [1.82, 2.24) is 9.21 Å². The number of carbonyl (C=O) groups excluding carboxylic acids is 1. The van der Waals surface area contributed by atoms with E-state index in [0.29, 0.717) is 38.0 Å². The van der Waals surface area contributed by atoms with E-state index in [-0.39, 0.29) is 30.3 Å². The van der Waals surface area contributed by atoms with Crippen LogP contribution in [0, 0.1) is 17.8 Å². The molecule has 2 N–H and O–H groups in total. The lowest BCUT2D eigenvalue weighted by molar-refractivity contribution is -0.139. The van der Waals surface area contributed by atoms with E-state index in [1.54, 1.807) is 0 Å². The molecule has 3 rings (SSSR count). The van der Waals surface area contributed by atoms with Gasteiger partial charge in [0.05, 0.1) is 6.26 Å². The predicted molar refractivity (Wildman–Crippen MR) is 91.8 cm³/mol. The van der Waals surface area contributed by atoms with Crippen LogP contribution < -0.4 is 5.73 Å². The molecule has 2 atom stereocenters. The Hall–Kier alpha value is -0.370. The molecule has 1 amide bonds. The third-order valence-corrected chi connectivity index (χ3v) is 7.08. The Kier molecular flexibility index (Phi) is 5.98. The Labute approximate surface area is 145 Å². The van der Waals surface area contributed by atoms with Crippen LogP contribution >= 0.6 is 12.4 Å². The van der Waals surface area contributed by atoms with Gasteiger partial charge in [0.25, 0.3) is 0 Å². The van der Waals surface area contributed by atoms with E-state index in [2.05, 4.69) is 0 Å². The van der Waals surface area contributed by atoms with Crippen molar-refractivity contribution in [1.29, 1.82) is 0 Å². The standard InChI is InChI=1S/C15H27N3O3S.ClH/c1-22(20,21)18-7-5-17(6-8-18)15(19)13-9-11-3-2-4-12(10-13)14(11)16;/h11-14H,2-10,16H2,1H3;1H. The fraction of sp³-hybridized carbons (Fsp3) is 0.933. The first kappa shape index (κ1) is 19.0. The van der Waals surface area contributed by atoms with Gasteiger partial charge in [0.2, 0.25) is 15.9 Å². The number of hydrogen-bond acceptors (Lipinski definition) is 4. The summed E-state index contributed by atoms with van der Waals surface area (Å²) in [6.45, 7) is 1.88. The number of fused-ring (bicyclic) bond motifs is 2. The maximum absolute atomic E-state index is 12.8. The summed E-state index contributed by atoms with van der Waals surface area (Å²) in [6.07, 6.45) is 6.63. The maximum atomic E-state index is 12.8. The van der Waals surface area contributed by atoms with Gasteiger partial charge in [0, 0.05) is 38.1 Å². The number of sulfonamides is 1. The third-order valence-electron chi connectivity index (χ3n) is 5.78. The highest BCUT2D eigenvalue weighted by Gasteiger charge is 2.42. The molecular weight excluding hydrogens is 338 g/mol. The van der Waals surface area contributed by atoms with Gasteiger partial charge in [-0.1, -0.05) is 6.42 Å². The number of nitrogens with zero attached hydrogens (tertiary/aromatic N) is 2. The Morgan fingerprint density at radius 2 is 1.57 bits per heavy atom. The minimum atomic E-state index is -3.14. The van der Waals surface area contributed by atoms with Gasteiger partial charge in [-0.05, 0) is 37.5 Å². The summed E-state index contributed by atoms with van der Waals surface area (Å²) in [7, 11) is -3.14. The van der Waals surface area contributed by atoms with Crippen molar-refractivity contribution >= 4 is 28.3 Å². The van der Waals surface area contributed by atoms with E-state index >= 15 is 0 Å². The van der Waals surface area contributed by atoms with Crippen molar-refractivity contribution in [2.75, 3.05) is 32.4 Å². The third kappa shape index (κ3) is 4.00. The molecule has 1 aliphatic heterocycles. The number of halogens is 1. The predicted octanol–water partition coefficient (Wildman–Crippen LogP) is 0.666. The lowest BCUT2D eigenvalue weighted by atomic mass is 9.65. The zero-order valence-electron chi connectivity index (χ0n) is 13.7. The van der Waals surface area contributed by atoms with Crippen LogP contribution in [0.5, 0.6) is 0 Å². The Morgan fingerprint density at radius 1 is 1.04 bits per heavy atom. The number of hydrogen-bond donors (Lipinski definition) is 1. The average Bonchev–Trinajstić information content (AvgIpc) is 2.45. The van der Waals surface area contributed by atoms with Crippen LogP contribution in [0.15, 0.2) is 0 Å². The first-order valence-corrected chi connectivity index (χ1v) is 10.2. The van der Waals surface area contributed by atoms with Crippen LogP contribution in [0.3, 0.4) is 0 Å². The molecule has 0 aromatic carbocycles. The summed E-state index contributed by atoms with van der Waals surface area (Å²) in [5.74, 6) is 1.31. The lowest BCUT2D eigenvalue weighted by Gasteiger charge is -2.45. The molecule has 0 aromatic rings. The number of rotatable bonds is 2. The average molecular weight is 366 g/mol. The van der Waals surface area contributed by atoms with Gasteiger partial charge in [-0.25, -0.2) is 8.42 Å². The Balaban J connectivity index is 0.00000192. The van der Waals surface area contributed by atoms with E-state index in [9.17, 15) is 13.2 Å². The second kappa shape index (κ2) is 7.25. The van der Waals surface area contributed by atoms with Gasteiger partial charge >= 0.3 is 0 Å². The fourth-order valence-electron chi connectivity index (χ4n) is 4.49. The largest absolute Gasteiger partial charge is 0.340 e. The van der Waals surface area contributed by atoms with Gasteiger partial charge in [-0.3, -0.25) is 4.79 Å². The van der Waals surface area contributed by atoms with Gasteiger partial charge in [-0.15, -0.1) is 12.4 Å². The van der Waals surface area contributed by atoms with Crippen molar-refractivity contribution in [3.8, 4) is 0 Å². The molecule has 2 unspecified atom stereocenters. The molecule has 23 heavy (non-hydrogen) atoms. The summed E-state index contributed by atoms with van der Waals surface area (Å²) in [5, 5.41) is 0. The van der Waals surface area contributed by atoms with E-state index in [0.717, 1.165) is 25.7 Å². The maximum Gasteiger partial charge on any atom is 0.225 e. The van der Waals surface area contributed by atoms with Crippen LogP contribution in [0.4, 0.5) is 0 Å².